The summed E-state index contributed by atoms with van der Waals surface area (Å²) < 4.78 is 0. The Morgan fingerprint density at radius 2 is 1.02 bits per heavy atom. The van der Waals surface area contributed by atoms with Crippen LogP contribution in [0.1, 0.15) is 45.6 Å². The van der Waals surface area contributed by atoms with Crippen molar-refractivity contribution in [2.75, 3.05) is 0 Å². The molecule has 20 heteroatoms. The van der Waals surface area contributed by atoms with Crippen molar-refractivity contribution in [3.63, 3.8) is 0 Å². The zero-order valence-electron chi connectivity index (χ0n) is 27.4. The fourth-order valence-electron chi connectivity index (χ4n) is 4.79. The number of rotatable bonds is 10. The van der Waals surface area contributed by atoms with Crippen LogP contribution in [0.15, 0.2) is 24.3 Å². The number of aliphatic carboxylic acids is 1. The molecule has 1 fully saturated rings. The zero-order valence-corrected chi connectivity index (χ0v) is 27.4. The largest absolute Gasteiger partial charge is 0.508 e. The number of benzene rings is 1. The van der Waals surface area contributed by atoms with Crippen LogP contribution in [-0.4, -0.2) is 127 Å². The maximum atomic E-state index is 13.6. The lowest BCUT2D eigenvalue weighted by Crippen LogP contribution is -2.65. The van der Waals surface area contributed by atoms with E-state index in [1.165, 1.54) is 24.3 Å². The summed E-state index contributed by atoms with van der Waals surface area (Å²) in [5.41, 5.74) is 5.66. The van der Waals surface area contributed by atoms with Gasteiger partial charge in [-0.25, -0.2) is 0 Å². The van der Waals surface area contributed by atoms with Crippen molar-refractivity contribution >= 4 is 47.3 Å². The van der Waals surface area contributed by atoms with Gasteiger partial charge in [-0.1, -0.05) is 12.1 Å². The lowest BCUT2D eigenvalue weighted by atomic mass is 10.0. The lowest BCUT2D eigenvalue weighted by Gasteiger charge is -2.30. The van der Waals surface area contributed by atoms with Crippen molar-refractivity contribution in [2.45, 2.75) is 101 Å². The van der Waals surface area contributed by atoms with E-state index in [2.05, 4.69) is 31.9 Å². The number of primary amides is 1. The molecule has 1 aliphatic heterocycles. The Hall–Kier alpha value is -5.34. The molecular weight excluding hydrogens is 666 g/mol. The number of aliphatic hydroxyl groups excluding tert-OH is 3. The van der Waals surface area contributed by atoms with Crippen molar-refractivity contribution in [3.8, 4) is 5.75 Å². The van der Waals surface area contributed by atoms with Crippen LogP contribution in [0.3, 0.4) is 0 Å². The molecule has 0 radical (unpaired) electrons. The molecular formula is C30H43N7O13. The van der Waals surface area contributed by atoms with Crippen LogP contribution < -0.4 is 37.6 Å². The minimum atomic E-state index is -1.85. The minimum absolute atomic E-state index is 0.122. The predicted octanol–water partition coefficient (Wildman–Crippen LogP) is -5.26. The second-order valence-corrected chi connectivity index (χ2v) is 11.8. The standard InChI is InChI=1S/C30H43N7O13/c1-12(38)22-28(48)32-17(8-9-21(43)44)25(45)35-24(14(3)40)30(50)37-23(13(2)39)29(49)34-19(11-20(31)42)26(46)33-18(27(47)36-22)10-15-4-6-16(41)7-5-15/h4-7,12-14,17-19,22-24,38-41H,8-11H2,1-3H3,(H2,31,42)(H,32,48)(H,33,46)(H,34,49)(H,35,45)(H,36,47)(H,37,50)(H,43,44)/t12-,13-,14-,17+,18+,19+,22+,23+,24+/m1/s1. The molecule has 1 aromatic carbocycles. The lowest BCUT2D eigenvalue weighted by molar-refractivity contribution is -0.140. The summed E-state index contributed by atoms with van der Waals surface area (Å²) in [6, 6.07) is -5.21. The highest BCUT2D eigenvalue weighted by Gasteiger charge is 2.38. The Labute approximate surface area is 285 Å². The number of carboxylic acids is 1. The van der Waals surface area contributed by atoms with E-state index in [0.29, 0.717) is 5.56 Å². The summed E-state index contributed by atoms with van der Waals surface area (Å²) in [6.45, 7) is 3.28. The highest BCUT2D eigenvalue weighted by Crippen LogP contribution is 2.13. The maximum Gasteiger partial charge on any atom is 0.303 e. The summed E-state index contributed by atoms with van der Waals surface area (Å²) in [5.74, 6) is -9.58. The number of hydrogen-bond acceptors (Lipinski definition) is 12. The van der Waals surface area contributed by atoms with Crippen LogP contribution in [0.25, 0.3) is 0 Å². The zero-order chi connectivity index (χ0) is 37.9. The number of phenolic OH excluding ortho intramolecular Hbond substituents is 1. The van der Waals surface area contributed by atoms with Gasteiger partial charge in [0.1, 0.15) is 42.0 Å². The van der Waals surface area contributed by atoms with Gasteiger partial charge in [0.25, 0.3) is 0 Å². The summed E-state index contributed by atoms with van der Waals surface area (Å²) in [4.78, 5) is 104. The van der Waals surface area contributed by atoms with Crippen molar-refractivity contribution < 1.29 is 63.9 Å². The van der Waals surface area contributed by atoms with E-state index in [4.69, 9.17) is 5.73 Å². The van der Waals surface area contributed by atoms with Crippen molar-refractivity contribution in [1.29, 1.82) is 0 Å². The first-order valence-electron chi connectivity index (χ1n) is 15.4. The van der Waals surface area contributed by atoms with Crippen LogP contribution >= 0.6 is 0 Å². The van der Waals surface area contributed by atoms with E-state index in [1.54, 1.807) is 0 Å². The molecule has 0 saturated carbocycles. The Bertz CT molecular complexity index is 1430. The van der Waals surface area contributed by atoms with Gasteiger partial charge < -0.3 is 63.2 Å². The normalized spacial score (nSPS) is 26.3. The van der Waals surface area contributed by atoms with Gasteiger partial charge in [-0.15, -0.1) is 0 Å². The number of aliphatic hydroxyl groups is 3. The number of hydrogen-bond donors (Lipinski definition) is 12. The second-order valence-electron chi connectivity index (χ2n) is 11.8. The van der Waals surface area contributed by atoms with E-state index in [-0.39, 0.29) is 12.2 Å². The number of nitrogens with one attached hydrogen (secondary N) is 6. The van der Waals surface area contributed by atoms with Gasteiger partial charge in [0.05, 0.1) is 24.7 Å². The van der Waals surface area contributed by atoms with Crippen LogP contribution in [0.4, 0.5) is 0 Å². The van der Waals surface area contributed by atoms with Crippen molar-refractivity contribution in [1.82, 2.24) is 31.9 Å². The molecule has 9 atom stereocenters. The van der Waals surface area contributed by atoms with Crippen LogP contribution in [0, 0.1) is 0 Å². The van der Waals surface area contributed by atoms with E-state index in [1.807, 2.05) is 0 Å². The van der Waals surface area contributed by atoms with Gasteiger partial charge in [0.15, 0.2) is 0 Å². The molecule has 0 aliphatic carbocycles. The molecule has 0 bridgehead atoms. The van der Waals surface area contributed by atoms with Crippen LogP contribution in [0.5, 0.6) is 5.75 Å². The smallest absolute Gasteiger partial charge is 0.303 e. The monoisotopic (exact) mass is 709 g/mol. The first kappa shape index (κ1) is 40.8. The van der Waals surface area contributed by atoms with Gasteiger partial charge in [0.2, 0.25) is 41.4 Å². The van der Waals surface area contributed by atoms with Gasteiger partial charge in [-0.2, -0.15) is 0 Å². The number of nitrogens with two attached hydrogens (primary N) is 1. The minimum Gasteiger partial charge on any atom is -0.508 e. The third-order valence-corrected chi connectivity index (χ3v) is 7.52. The van der Waals surface area contributed by atoms with E-state index in [9.17, 15) is 63.9 Å². The third kappa shape index (κ3) is 12.3. The van der Waals surface area contributed by atoms with Gasteiger partial charge in [0, 0.05) is 12.8 Å². The topological polar surface area (TPSA) is 336 Å². The van der Waals surface area contributed by atoms with Crippen LogP contribution in [0.2, 0.25) is 0 Å². The number of carboxylic acid groups (broad SMARTS) is 1. The molecule has 2 rings (SSSR count). The SMILES string of the molecule is C[C@@H](O)[C@@H]1NC(=O)[C@H](Cc2ccc(O)cc2)NC(=O)[C@H](CC(N)=O)NC(=O)[C@H]([C@@H](C)O)NC(=O)[C@H]([C@@H](C)O)NC(=O)[C@H](CCC(=O)O)NC1=O. The molecule has 20 nitrogen and oxygen atoms in total. The average molecular weight is 710 g/mol. The number of carbonyl (C=O) groups excluding carboxylic acids is 7. The molecule has 50 heavy (non-hydrogen) atoms. The maximum absolute atomic E-state index is 13.6. The fourth-order valence-corrected chi connectivity index (χ4v) is 4.79. The molecule has 0 aromatic heterocycles. The van der Waals surface area contributed by atoms with Gasteiger partial charge in [-0.3, -0.25) is 38.4 Å². The molecule has 7 amide bonds. The Balaban J connectivity index is 2.68. The second kappa shape index (κ2) is 18.4. The summed E-state index contributed by atoms with van der Waals surface area (Å²) in [6.07, 6.45) is -7.34. The summed E-state index contributed by atoms with van der Waals surface area (Å²) in [5, 5.41) is 63.3. The average Bonchev–Trinajstić information content (AvgIpc) is 3.01. The first-order valence-corrected chi connectivity index (χ1v) is 15.4. The summed E-state index contributed by atoms with van der Waals surface area (Å²) >= 11 is 0. The Kier molecular flexibility index (Phi) is 15.1. The Morgan fingerprint density at radius 3 is 1.46 bits per heavy atom. The number of carbonyl (C=O) groups is 8. The third-order valence-electron chi connectivity index (χ3n) is 7.52. The first-order chi connectivity index (χ1) is 23.3. The van der Waals surface area contributed by atoms with E-state index in [0.717, 1.165) is 20.8 Å². The van der Waals surface area contributed by atoms with E-state index < -0.39 is 121 Å². The number of phenols is 1. The summed E-state index contributed by atoms with van der Waals surface area (Å²) in [7, 11) is 0. The molecule has 1 aliphatic rings. The molecule has 1 aromatic rings. The molecule has 1 heterocycles. The molecule has 13 N–H and O–H groups in total. The number of aromatic hydroxyl groups is 1. The predicted molar refractivity (Wildman–Crippen MR) is 169 cm³/mol. The number of amides is 7. The highest BCUT2D eigenvalue weighted by molar-refractivity contribution is 5.99. The van der Waals surface area contributed by atoms with Crippen molar-refractivity contribution in [3.05, 3.63) is 29.8 Å². The van der Waals surface area contributed by atoms with Gasteiger partial charge in [-0.05, 0) is 44.9 Å². The molecule has 1 saturated heterocycles. The fraction of sp³-hybridized carbons (Fsp3) is 0.533. The van der Waals surface area contributed by atoms with E-state index >= 15 is 0 Å². The highest BCUT2D eigenvalue weighted by atomic mass is 16.4. The Morgan fingerprint density at radius 1 is 0.640 bits per heavy atom. The quantitative estimate of drug-likeness (QED) is 0.108. The molecule has 0 unspecified atom stereocenters. The molecule has 0 spiro atoms. The molecule has 276 valence electrons. The van der Waals surface area contributed by atoms with Crippen molar-refractivity contribution in [2.24, 2.45) is 5.73 Å². The van der Waals surface area contributed by atoms with Gasteiger partial charge >= 0.3 is 5.97 Å². The van der Waals surface area contributed by atoms with Crippen LogP contribution in [-0.2, 0) is 44.8 Å².